The van der Waals surface area contributed by atoms with Crippen molar-refractivity contribution in [2.45, 2.75) is 57.2 Å². The van der Waals surface area contributed by atoms with Crippen LogP contribution in [0.2, 0.25) is 0 Å². The van der Waals surface area contributed by atoms with Gasteiger partial charge in [-0.3, -0.25) is 24.0 Å². The summed E-state index contributed by atoms with van der Waals surface area (Å²) >= 11 is 0. The SMILES string of the molecule is CC(=O)C(=O)[C@H](O)[C@](O)(C(C)=O)[C@@](O)(C(C)=O)[C@H](O)C(O)C(C)=O. The van der Waals surface area contributed by atoms with E-state index < -0.39 is 58.4 Å². The Hall–Kier alpha value is -1.85. The third-order valence-corrected chi connectivity index (χ3v) is 3.79. The monoisotopic (exact) mass is 348 g/mol. The van der Waals surface area contributed by atoms with Gasteiger partial charge in [-0.1, -0.05) is 0 Å². The minimum Gasteiger partial charge on any atom is -0.386 e. The molecule has 0 saturated heterocycles. The van der Waals surface area contributed by atoms with Gasteiger partial charge in [0.2, 0.25) is 5.78 Å². The highest BCUT2D eigenvalue weighted by molar-refractivity contribution is 6.39. The molecule has 0 aliphatic carbocycles. The van der Waals surface area contributed by atoms with Crippen LogP contribution in [0.15, 0.2) is 0 Å². The van der Waals surface area contributed by atoms with Gasteiger partial charge in [0.15, 0.2) is 40.4 Å². The average Bonchev–Trinajstić information content (AvgIpc) is 2.49. The average molecular weight is 348 g/mol. The maximum absolute atomic E-state index is 11.8. The molecule has 0 fully saturated rings. The first-order valence-electron chi connectivity index (χ1n) is 6.73. The van der Waals surface area contributed by atoms with Crippen molar-refractivity contribution in [2.24, 2.45) is 0 Å². The molecule has 1 unspecified atom stereocenters. The van der Waals surface area contributed by atoms with E-state index in [4.69, 9.17) is 0 Å². The van der Waals surface area contributed by atoms with E-state index in [9.17, 15) is 49.5 Å². The molecule has 10 nitrogen and oxygen atoms in total. The van der Waals surface area contributed by atoms with Crippen LogP contribution in [-0.2, 0) is 24.0 Å². The van der Waals surface area contributed by atoms with Crippen LogP contribution in [0.3, 0.4) is 0 Å². The van der Waals surface area contributed by atoms with Crippen LogP contribution in [0.5, 0.6) is 0 Å². The predicted molar refractivity (Wildman–Crippen MR) is 75.7 cm³/mol. The van der Waals surface area contributed by atoms with Crippen molar-refractivity contribution in [1.82, 2.24) is 0 Å². The highest BCUT2D eigenvalue weighted by atomic mass is 16.4. The van der Waals surface area contributed by atoms with Crippen molar-refractivity contribution in [1.29, 1.82) is 0 Å². The first-order valence-corrected chi connectivity index (χ1v) is 6.73. The van der Waals surface area contributed by atoms with Crippen LogP contribution in [0.25, 0.3) is 0 Å². The minimum absolute atomic E-state index is 0.567. The van der Waals surface area contributed by atoms with Crippen LogP contribution < -0.4 is 0 Å². The van der Waals surface area contributed by atoms with Gasteiger partial charge in [0.25, 0.3) is 0 Å². The topological polar surface area (TPSA) is 186 Å². The van der Waals surface area contributed by atoms with Crippen molar-refractivity contribution in [3.05, 3.63) is 0 Å². The van der Waals surface area contributed by atoms with Gasteiger partial charge in [0, 0.05) is 6.92 Å². The summed E-state index contributed by atoms with van der Waals surface area (Å²) in [6.45, 7) is 2.62. The zero-order chi connectivity index (χ0) is 19.6. The fraction of sp³-hybridized carbons (Fsp3) is 0.643. The molecule has 0 aliphatic rings. The number of aliphatic hydroxyl groups excluding tert-OH is 3. The summed E-state index contributed by atoms with van der Waals surface area (Å²) in [7, 11) is 0. The molecule has 0 amide bonds. The Morgan fingerprint density at radius 1 is 0.750 bits per heavy atom. The summed E-state index contributed by atoms with van der Waals surface area (Å²) in [5.41, 5.74) is -7.33. The lowest BCUT2D eigenvalue weighted by atomic mass is 9.68. The van der Waals surface area contributed by atoms with Crippen LogP contribution >= 0.6 is 0 Å². The second-order valence-corrected chi connectivity index (χ2v) is 5.47. The molecular weight excluding hydrogens is 328 g/mol. The van der Waals surface area contributed by atoms with E-state index in [1.165, 1.54) is 0 Å². The van der Waals surface area contributed by atoms with Crippen molar-refractivity contribution < 1.29 is 49.5 Å². The quantitative estimate of drug-likeness (QED) is 0.261. The maximum Gasteiger partial charge on any atom is 0.230 e. The molecule has 0 bridgehead atoms. The lowest BCUT2D eigenvalue weighted by Gasteiger charge is -2.45. The number of Topliss-reactive ketones (excluding diaryl/α,β-unsaturated/α-hetero) is 5. The number of carbonyl (C=O) groups excluding carboxylic acids is 5. The van der Waals surface area contributed by atoms with Crippen molar-refractivity contribution in [3.63, 3.8) is 0 Å². The summed E-state index contributed by atoms with van der Waals surface area (Å²) in [5.74, 6) is -7.27. The van der Waals surface area contributed by atoms with Crippen LogP contribution in [0.1, 0.15) is 27.7 Å². The highest BCUT2D eigenvalue weighted by Gasteiger charge is 2.67. The van der Waals surface area contributed by atoms with Gasteiger partial charge in [-0.05, 0) is 20.8 Å². The Bertz CT molecular complexity index is 582. The fourth-order valence-corrected chi connectivity index (χ4v) is 2.20. The molecule has 0 aromatic rings. The number of aliphatic hydroxyl groups is 5. The van der Waals surface area contributed by atoms with Crippen LogP contribution in [0.4, 0.5) is 0 Å². The lowest BCUT2D eigenvalue weighted by molar-refractivity contribution is -0.234. The van der Waals surface area contributed by atoms with Gasteiger partial charge in [0.1, 0.15) is 12.2 Å². The molecular formula is C14H20O10. The van der Waals surface area contributed by atoms with Crippen molar-refractivity contribution in [2.75, 3.05) is 0 Å². The minimum atomic E-state index is -3.68. The summed E-state index contributed by atoms with van der Waals surface area (Å²) in [4.78, 5) is 57.6. The number of ketones is 5. The summed E-state index contributed by atoms with van der Waals surface area (Å²) in [5, 5.41) is 50.4. The third-order valence-electron chi connectivity index (χ3n) is 3.79. The number of carbonyl (C=O) groups is 5. The first kappa shape index (κ1) is 22.1. The molecule has 0 heterocycles. The Labute approximate surface area is 136 Å². The second-order valence-electron chi connectivity index (χ2n) is 5.47. The zero-order valence-corrected chi connectivity index (χ0v) is 13.5. The van der Waals surface area contributed by atoms with E-state index in [0.29, 0.717) is 20.8 Å². The Kier molecular flexibility index (Phi) is 6.80. The predicted octanol–water partition coefficient (Wildman–Crippen LogP) is -3.54. The number of rotatable bonds is 9. The summed E-state index contributed by atoms with van der Waals surface area (Å²) < 4.78 is 0. The molecule has 0 aromatic heterocycles. The molecule has 0 saturated carbocycles. The van der Waals surface area contributed by atoms with Gasteiger partial charge >= 0.3 is 0 Å². The maximum atomic E-state index is 11.8. The van der Waals surface area contributed by atoms with Crippen molar-refractivity contribution >= 4 is 28.9 Å². The van der Waals surface area contributed by atoms with E-state index in [1.807, 2.05) is 0 Å². The summed E-state index contributed by atoms with van der Waals surface area (Å²) in [6.07, 6.45) is -8.12. The van der Waals surface area contributed by atoms with E-state index in [-0.39, 0.29) is 0 Å². The number of hydrogen-bond donors (Lipinski definition) is 5. The van der Waals surface area contributed by atoms with E-state index >= 15 is 0 Å². The lowest BCUT2D eigenvalue weighted by Crippen LogP contribution is -2.76. The Morgan fingerprint density at radius 2 is 1.12 bits per heavy atom. The van der Waals surface area contributed by atoms with Gasteiger partial charge in [-0.2, -0.15) is 0 Å². The molecule has 10 heteroatoms. The Balaban J connectivity index is 6.54. The molecule has 0 radical (unpaired) electrons. The zero-order valence-electron chi connectivity index (χ0n) is 13.5. The van der Waals surface area contributed by atoms with Crippen LogP contribution in [0, 0.1) is 0 Å². The van der Waals surface area contributed by atoms with E-state index in [1.54, 1.807) is 0 Å². The van der Waals surface area contributed by atoms with Gasteiger partial charge in [0.05, 0.1) is 0 Å². The largest absolute Gasteiger partial charge is 0.386 e. The van der Waals surface area contributed by atoms with E-state index in [0.717, 1.165) is 6.92 Å². The van der Waals surface area contributed by atoms with Gasteiger partial charge in [-0.15, -0.1) is 0 Å². The standard InChI is InChI=1S/C14H20O10/c1-5(15)9(19)11(21)13(23,7(3)17)14(24,8(4)18)12(22)10(20)6(2)16/h9,11-12,19,21-24H,1-4H3/t9?,11-,12+,13-,14-/m1/s1. The number of hydrogen-bond acceptors (Lipinski definition) is 10. The molecule has 24 heavy (non-hydrogen) atoms. The molecule has 136 valence electrons. The highest BCUT2D eigenvalue weighted by Crippen LogP contribution is 2.34. The molecule has 5 N–H and O–H groups in total. The smallest absolute Gasteiger partial charge is 0.230 e. The normalized spacial score (nSPS) is 20.0. The Morgan fingerprint density at radius 3 is 1.38 bits per heavy atom. The fourth-order valence-electron chi connectivity index (χ4n) is 2.20. The third kappa shape index (κ3) is 3.32. The molecule has 0 aromatic carbocycles. The molecule has 0 aliphatic heterocycles. The van der Waals surface area contributed by atoms with Gasteiger partial charge in [-0.25, -0.2) is 0 Å². The second kappa shape index (κ2) is 7.36. The molecule has 0 rings (SSSR count). The summed E-state index contributed by atoms with van der Waals surface area (Å²) in [6, 6.07) is 0. The first-order chi connectivity index (χ1) is 10.7. The van der Waals surface area contributed by atoms with Crippen LogP contribution in [-0.4, -0.2) is 84.0 Å². The van der Waals surface area contributed by atoms with E-state index in [2.05, 4.69) is 0 Å². The molecule has 5 atom stereocenters. The van der Waals surface area contributed by atoms with Crippen molar-refractivity contribution in [3.8, 4) is 0 Å². The molecule has 0 spiro atoms. The van der Waals surface area contributed by atoms with Gasteiger partial charge < -0.3 is 25.5 Å².